The zero-order valence-corrected chi connectivity index (χ0v) is 14.1. The average molecular weight is 276 g/mol. The van der Waals surface area contributed by atoms with Gasteiger partial charge in [-0.3, -0.25) is 12.2 Å². The molecule has 0 aromatic carbocycles. The van der Waals surface area contributed by atoms with Gasteiger partial charge in [0.2, 0.25) is 0 Å². The molecule has 0 spiro atoms. The molecule has 96 valence electrons. The zero-order valence-electron chi connectivity index (χ0n) is 12.5. The van der Waals surface area contributed by atoms with Crippen LogP contribution < -0.4 is 0 Å². The first-order chi connectivity index (χ1) is 8.32. The van der Waals surface area contributed by atoms with Crippen LogP contribution in [-0.2, 0) is 20.0 Å². The molecule has 1 heteroatoms. The molecule has 0 fully saturated rings. The Morgan fingerprint density at radius 1 is 1.28 bits per heavy atom. The molecule has 0 saturated heterocycles. The molecule has 0 aliphatic heterocycles. The minimum atomic E-state index is 0.556. The Labute approximate surface area is 124 Å². The van der Waals surface area contributed by atoms with Gasteiger partial charge in [-0.15, -0.1) is 13.3 Å². The Morgan fingerprint density at radius 2 is 1.83 bits per heavy atom. The Bertz CT molecular complexity index is 388. The first-order valence-electron chi connectivity index (χ1n) is 6.36. The monoisotopic (exact) mass is 276 g/mol. The summed E-state index contributed by atoms with van der Waals surface area (Å²) < 4.78 is 1.42. The predicted octanol–water partition coefficient (Wildman–Crippen LogP) is 4.77. The van der Waals surface area contributed by atoms with Crippen LogP contribution in [0.15, 0.2) is 34.9 Å². The molecule has 0 heterocycles. The second kappa shape index (κ2) is 9.47. The van der Waals surface area contributed by atoms with E-state index in [2.05, 4.69) is 91.9 Å². The van der Waals surface area contributed by atoms with E-state index in [1.54, 1.807) is 0 Å². The Hall–Kier alpha value is -0.456. The van der Waals surface area contributed by atoms with Gasteiger partial charge in [0.05, 0.1) is 0 Å². The second-order valence-corrected chi connectivity index (χ2v) is 6.53. The molecule has 1 atom stereocenters. The van der Waals surface area contributed by atoms with Crippen molar-refractivity contribution in [2.24, 2.45) is 5.92 Å². The summed E-state index contributed by atoms with van der Waals surface area (Å²) in [5.74, 6) is 0.556. The summed E-state index contributed by atoms with van der Waals surface area (Å²) in [6.07, 6.45) is 13.7. The van der Waals surface area contributed by atoms with E-state index in [1.165, 1.54) is 20.5 Å². The van der Waals surface area contributed by atoms with Crippen LogP contribution in [0.5, 0.6) is 0 Å². The van der Waals surface area contributed by atoms with E-state index in [0.29, 0.717) is 5.92 Å². The third-order valence-electron chi connectivity index (χ3n) is 2.45. The van der Waals surface area contributed by atoms with Crippen LogP contribution in [0, 0.1) is 18.1 Å². The van der Waals surface area contributed by atoms with E-state index in [0.717, 1.165) is 6.42 Å². The molecule has 0 amide bonds. The molecule has 0 N–H and O–H groups in total. The normalized spacial score (nSPS) is 20.0. The van der Waals surface area contributed by atoms with E-state index < -0.39 is 0 Å². The molecular weight excluding hydrogens is 252 g/mol. The van der Waals surface area contributed by atoms with Gasteiger partial charge in [-0.05, 0) is 0 Å². The van der Waals surface area contributed by atoms with Gasteiger partial charge < -0.3 is 0 Å². The number of hydrogen-bond donors (Lipinski definition) is 0. The number of rotatable bonds is 0. The van der Waals surface area contributed by atoms with Gasteiger partial charge in [-0.25, -0.2) is 23.3 Å². The van der Waals surface area contributed by atoms with Gasteiger partial charge in [-0.2, -0.15) is 11.6 Å². The topological polar surface area (TPSA) is 0 Å². The molecule has 0 radical (unpaired) electrons. The van der Waals surface area contributed by atoms with E-state index in [-0.39, 0.29) is 0 Å². The van der Waals surface area contributed by atoms with Crippen LogP contribution in [0.1, 0.15) is 48.0 Å². The number of hydrogen-bond acceptors (Lipinski definition) is 0. The van der Waals surface area contributed by atoms with Crippen LogP contribution in [0.3, 0.4) is 0 Å². The molecule has 2 aliphatic carbocycles. The first kappa shape index (κ1) is 17.5. The van der Waals surface area contributed by atoms with Gasteiger partial charge >= 0.3 is 37.6 Å². The Balaban J connectivity index is 0.000000253. The molecule has 0 nitrogen and oxygen atoms in total. The van der Waals surface area contributed by atoms with Crippen molar-refractivity contribution in [3.63, 3.8) is 0 Å². The fraction of sp³-hybridized carbons (Fsp3) is 0.471. The van der Waals surface area contributed by atoms with Gasteiger partial charge in [0, 0.05) is 0 Å². The van der Waals surface area contributed by atoms with E-state index >= 15 is 0 Å². The molecule has 0 aromatic heterocycles. The standard InChI is InChI=1S/2C7H9.C3H6.Ti/c1-6-3-4-7(2)5-6;1-6-4-3-5-7(6)2;1-3-2;/h3-4,6H,1-2H3;4H,5H2,1-2H3;1-2H3;/q2*-1;;+2. The summed E-state index contributed by atoms with van der Waals surface area (Å²) in [6, 6.07) is 0. The van der Waals surface area contributed by atoms with Crippen molar-refractivity contribution in [1.82, 2.24) is 0 Å². The van der Waals surface area contributed by atoms with Crippen LogP contribution >= 0.6 is 0 Å². The molecule has 0 saturated carbocycles. The predicted molar refractivity (Wildman–Crippen MR) is 77.9 cm³/mol. The van der Waals surface area contributed by atoms with Crippen LogP contribution in [0.4, 0.5) is 0 Å². The van der Waals surface area contributed by atoms with Crippen LogP contribution in [0.25, 0.3) is 0 Å². The summed E-state index contributed by atoms with van der Waals surface area (Å²) in [5, 5.41) is 0. The fourth-order valence-corrected chi connectivity index (χ4v) is 1.36. The SMILES string of the molecule is CC1=C(C)C[C-]=C1.CC1=[C-]C(C)C=C1.C[C](C)=[Ti+2]. The van der Waals surface area contributed by atoms with E-state index in [9.17, 15) is 0 Å². The first-order valence-corrected chi connectivity index (χ1v) is 7.14. The van der Waals surface area contributed by atoms with E-state index in [4.69, 9.17) is 0 Å². The van der Waals surface area contributed by atoms with Crippen LogP contribution in [0.2, 0.25) is 0 Å². The van der Waals surface area contributed by atoms with Crippen molar-refractivity contribution < 1.29 is 20.0 Å². The van der Waals surface area contributed by atoms with Crippen molar-refractivity contribution in [1.29, 1.82) is 0 Å². The third-order valence-corrected chi connectivity index (χ3v) is 2.45. The van der Waals surface area contributed by atoms with E-state index in [1.807, 2.05) is 0 Å². The van der Waals surface area contributed by atoms with Gasteiger partial charge in [0.1, 0.15) is 0 Å². The van der Waals surface area contributed by atoms with Gasteiger partial charge in [-0.1, -0.05) is 26.7 Å². The quantitative estimate of drug-likeness (QED) is 0.441. The molecular formula is C17H24Ti. The maximum atomic E-state index is 3.22. The molecule has 18 heavy (non-hydrogen) atoms. The van der Waals surface area contributed by atoms with Crippen molar-refractivity contribution >= 4 is 3.81 Å². The molecule has 2 aliphatic rings. The molecule has 0 aromatic rings. The second-order valence-electron chi connectivity index (χ2n) is 4.96. The summed E-state index contributed by atoms with van der Waals surface area (Å²) in [5.41, 5.74) is 4.12. The minimum absolute atomic E-state index is 0.556. The average Bonchev–Trinajstić information content (AvgIpc) is 2.77. The Kier molecular flexibility index (Phi) is 9.23. The van der Waals surface area contributed by atoms with Crippen LogP contribution in [-0.4, -0.2) is 3.81 Å². The maximum absolute atomic E-state index is 3.22. The summed E-state index contributed by atoms with van der Waals surface area (Å²) in [4.78, 5) is 0. The molecule has 1 unspecified atom stereocenters. The van der Waals surface area contributed by atoms with Crippen molar-refractivity contribution in [2.75, 3.05) is 0 Å². The van der Waals surface area contributed by atoms with Gasteiger partial charge in [0.15, 0.2) is 0 Å². The summed E-state index contributed by atoms with van der Waals surface area (Å²) in [6.45, 7) is 12.6. The Morgan fingerprint density at radius 3 is 1.94 bits per heavy atom. The van der Waals surface area contributed by atoms with Crippen molar-refractivity contribution in [2.45, 2.75) is 48.0 Å². The fourth-order valence-electron chi connectivity index (χ4n) is 1.36. The summed E-state index contributed by atoms with van der Waals surface area (Å²) >= 11 is 2.08. The molecule has 0 bridgehead atoms. The van der Waals surface area contributed by atoms with Gasteiger partial charge in [0.25, 0.3) is 0 Å². The van der Waals surface area contributed by atoms with Crippen molar-refractivity contribution in [3.05, 3.63) is 47.1 Å². The summed E-state index contributed by atoms with van der Waals surface area (Å²) in [7, 11) is 0. The van der Waals surface area contributed by atoms with Crippen molar-refractivity contribution in [3.8, 4) is 0 Å². The number of allylic oxidation sites excluding steroid dienone is 8. The molecule has 2 rings (SSSR count). The zero-order chi connectivity index (χ0) is 14.1. The third kappa shape index (κ3) is 9.56.